The number of hydrogen-bond acceptors (Lipinski definition) is 5. The molecule has 1 aromatic rings. The zero-order valence-electron chi connectivity index (χ0n) is 9.58. The molecule has 0 aliphatic heterocycles. The van der Waals surface area contributed by atoms with Crippen LogP contribution >= 0.6 is 27.3 Å². The molecular weight excluding hydrogens is 362 g/mol. The van der Waals surface area contributed by atoms with Crippen molar-refractivity contribution >= 4 is 49.2 Å². The highest BCUT2D eigenvalue weighted by Crippen LogP contribution is 2.30. The van der Waals surface area contributed by atoms with E-state index < -0.39 is 34.4 Å². The van der Waals surface area contributed by atoms with Crippen LogP contribution in [0.4, 0.5) is 0 Å². The van der Waals surface area contributed by atoms with Crippen molar-refractivity contribution in [1.29, 1.82) is 0 Å². The molecule has 0 aromatic carbocycles. The predicted molar refractivity (Wildman–Crippen MR) is 70.8 cm³/mol. The molecule has 1 atom stereocenters. The Labute approximate surface area is 121 Å². The van der Waals surface area contributed by atoms with Crippen molar-refractivity contribution in [2.45, 2.75) is 23.6 Å². The van der Waals surface area contributed by atoms with Crippen molar-refractivity contribution < 1.29 is 28.2 Å². The average molecular weight is 372 g/mol. The van der Waals surface area contributed by atoms with Crippen LogP contribution in [-0.4, -0.2) is 36.6 Å². The van der Waals surface area contributed by atoms with Crippen molar-refractivity contribution in [1.82, 2.24) is 4.72 Å². The highest BCUT2D eigenvalue weighted by Gasteiger charge is 2.28. The van der Waals surface area contributed by atoms with Gasteiger partial charge in [0.1, 0.15) is 10.3 Å². The fourth-order valence-corrected chi connectivity index (χ4v) is 4.59. The largest absolute Gasteiger partial charge is 0.481 e. The molecule has 7 nitrogen and oxygen atoms in total. The number of carboxylic acid groups (broad SMARTS) is 2. The second-order valence-corrected chi connectivity index (χ2v) is 7.94. The van der Waals surface area contributed by atoms with Gasteiger partial charge in [-0.1, -0.05) is 0 Å². The van der Waals surface area contributed by atoms with Gasteiger partial charge in [0.2, 0.25) is 0 Å². The second-order valence-electron chi connectivity index (χ2n) is 3.63. The molecule has 0 bridgehead atoms. The number of thiophene rings is 1. The summed E-state index contributed by atoms with van der Waals surface area (Å²) >= 11 is 4.08. The molecule has 19 heavy (non-hydrogen) atoms. The molecule has 0 unspecified atom stereocenters. The maximum atomic E-state index is 11.9. The van der Waals surface area contributed by atoms with Gasteiger partial charge in [-0.2, -0.15) is 4.72 Å². The summed E-state index contributed by atoms with van der Waals surface area (Å²) in [5, 5.41) is 17.3. The second kappa shape index (κ2) is 5.99. The van der Waals surface area contributed by atoms with Crippen molar-refractivity contribution in [3.63, 3.8) is 0 Å². The first-order valence-electron chi connectivity index (χ1n) is 4.86. The van der Waals surface area contributed by atoms with Crippen molar-refractivity contribution in [3.05, 3.63) is 15.4 Å². The van der Waals surface area contributed by atoms with Crippen LogP contribution in [0, 0.1) is 6.92 Å². The highest BCUT2D eigenvalue weighted by atomic mass is 79.9. The lowest BCUT2D eigenvalue weighted by molar-refractivity contribution is -0.145. The molecule has 0 saturated heterocycles. The zero-order chi connectivity index (χ0) is 14.8. The Hall–Kier alpha value is -0.970. The lowest BCUT2D eigenvalue weighted by atomic mass is 10.2. The van der Waals surface area contributed by atoms with Gasteiger partial charge in [-0.25, -0.2) is 8.42 Å². The predicted octanol–water partition coefficient (Wildman–Crippen LogP) is 1.03. The summed E-state index contributed by atoms with van der Waals surface area (Å²) in [5.41, 5.74) is 0.690. The quantitative estimate of drug-likeness (QED) is 0.686. The molecule has 0 aliphatic carbocycles. The Morgan fingerprint density at radius 2 is 2.05 bits per heavy atom. The Morgan fingerprint density at radius 1 is 1.47 bits per heavy atom. The first-order chi connectivity index (χ1) is 8.63. The van der Waals surface area contributed by atoms with Gasteiger partial charge in [-0.3, -0.25) is 9.59 Å². The summed E-state index contributed by atoms with van der Waals surface area (Å²) in [6.45, 7) is 1.69. The maximum Gasteiger partial charge on any atom is 0.322 e. The lowest BCUT2D eigenvalue weighted by Gasteiger charge is -2.11. The number of nitrogens with one attached hydrogen (secondary N) is 1. The Morgan fingerprint density at radius 3 is 2.42 bits per heavy atom. The first kappa shape index (κ1) is 16.1. The molecule has 106 valence electrons. The summed E-state index contributed by atoms with van der Waals surface area (Å²) in [7, 11) is -4.06. The van der Waals surface area contributed by atoms with Crippen LogP contribution in [0.2, 0.25) is 0 Å². The number of carbonyl (C=O) groups is 2. The molecule has 0 saturated carbocycles. The SMILES string of the molecule is Cc1cc(S(=O)(=O)N[C@@H](CC(=O)O)C(=O)O)sc1Br. The number of aryl methyl sites for hydroxylation is 1. The first-order valence-corrected chi connectivity index (χ1v) is 7.95. The van der Waals surface area contributed by atoms with Crippen molar-refractivity contribution in [2.24, 2.45) is 0 Å². The van der Waals surface area contributed by atoms with E-state index in [1.54, 1.807) is 6.92 Å². The zero-order valence-corrected chi connectivity index (χ0v) is 12.8. The van der Waals surface area contributed by atoms with Crippen LogP contribution in [0.3, 0.4) is 0 Å². The van der Waals surface area contributed by atoms with Gasteiger partial charge in [0.25, 0.3) is 10.0 Å². The normalized spacial score (nSPS) is 13.2. The Bertz CT molecular complexity index is 589. The van der Waals surface area contributed by atoms with Crippen LogP contribution in [-0.2, 0) is 19.6 Å². The molecule has 10 heteroatoms. The monoisotopic (exact) mass is 371 g/mol. The molecule has 0 radical (unpaired) electrons. The Kier molecular flexibility index (Phi) is 5.07. The third-order valence-corrected chi connectivity index (χ3v) is 6.16. The summed E-state index contributed by atoms with van der Waals surface area (Å²) in [6, 6.07) is -0.333. The molecule has 1 heterocycles. The third kappa shape index (κ3) is 4.27. The molecular formula is C9H10BrNO6S2. The van der Waals surface area contributed by atoms with Gasteiger partial charge in [0, 0.05) is 0 Å². The Balaban J connectivity index is 3.00. The van der Waals surface area contributed by atoms with E-state index in [1.165, 1.54) is 6.07 Å². The van der Waals surface area contributed by atoms with Crippen LogP contribution in [0.1, 0.15) is 12.0 Å². The van der Waals surface area contributed by atoms with E-state index in [2.05, 4.69) is 15.9 Å². The number of sulfonamides is 1. The average Bonchev–Trinajstić information content (AvgIpc) is 2.58. The minimum absolute atomic E-state index is 0.0755. The fourth-order valence-electron chi connectivity index (χ4n) is 1.16. The lowest BCUT2D eigenvalue weighted by Crippen LogP contribution is -2.41. The summed E-state index contributed by atoms with van der Waals surface area (Å²) in [5.74, 6) is -2.95. The summed E-state index contributed by atoms with van der Waals surface area (Å²) < 4.78 is 26.2. The van der Waals surface area contributed by atoms with Gasteiger partial charge < -0.3 is 10.2 Å². The van der Waals surface area contributed by atoms with Crippen LogP contribution in [0.25, 0.3) is 0 Å². The maximum absolute atomic E-state index is 11.9. The summed E-state index contributed by atoms with van der Waals surface area (Å²) in [6.07, 6.45) is -0.833. The molecule has 3 N–H and O–H groups in total. The number of halogens is 1. The van der Waals surface area contributed by atoms with E-state index in [0.29, 0.717) is 9.35 Å². The highest BCUT2D eigenvalue weighted by molar-refractivity contribution is 9.11. The van der Waals surface area contributed by atoms with Crippen LogP contribution in [0.5, 0.6) is 0 Å². The van der Waals surface area contributed by atoms with E-state index in [1.807, 2.05) is 4.72 Å². The molecule has 0 fully saturated rings. The molecule has 1 rings (SSSR count). The summed E-state index contributed by atoms with van der Waals surface area (Å²) in [4.78, 5) is 21.3. The molecule has 0 aliphatic rings. The van der Waals surface area contributed by atoms with Crippen molar-refractivity contribution in [3.8, 4) is 0 Å². The number of aliphatic carboxylic acids is 2. The third-order valence-electron chi connectivity index (χ3n) is 2.07. The molecule has 0 spiro atoms. The van der Waals surface area contributed by atoms with E-state index in [4.69, 9.17) is 10.2 Å². The fraction of sp³-hybridized carbons (Fsp3) is 0.333. The minimum atomic E-state index is -4.06. The number of hydrogen-bond donors (Lipinski definition) is 3. The number of rotatable bonds is 6. The van der Waals surface area contributed by atoms with Crippen molar-refractivity contribution in [2.75, 3.05) is 0 Å². The minimum Gasteiger partial charge on any atom is -0.481 e. The van der Waals surface area contributed by atoms with Gasteiger partial charge in [-0.05, 0) is 34.5 Å². The van der Waals surface area contributed by atoms with Gasteiger partial charge in [0.15, 0.2) is 0 Å². The van der Waals surface area contributed by atoms with Gasteiger partial charge in [-0.15, -0.1) is 11.3 Å². The van der Waals surface area contributed by atoms with Crippen LogP contribution in [0.15, 0.2) is 14.1 Å². The topological polar surface area (TPSA) is 121 Å². The van der Waals surface area contributed by atoms with E-state index in [0.717, 1.165) is 11.3 Å². The standard InChI is InChI=1S/C9H10BrNO6S2/c1-4-2-7(18-8(4)10)19(16,17)11-5(9(14)15)3-6(12)13/h2,5,11H,3H2,1H3,(H,12,13)(H,14,15)/t5-/m0/s1. The van der Waals surface area contributed by atoms with E-state index in [-0.39, 0.29) is 4.21 Å². The number of carboxylic acids is 2. The van der Waals surface area contributed by atoms with Gasteiger partial charge >= 0.3 is 11.9 Å². The van der Waals surface area contributed by atoms with E-state index >= 15 is 0 Å². The molecule has 0 amide bonds. The van der Waals surface area contributed by atoms with Gasteiger partial charge in [0.05, 0.1) is 10.2 Å². The van der Waals surface area contributed by atoms with Crippen LogP contribution < -0.4 is 4.72 Å². The molecule has 1 aromatic heterocycles. The smallest absolute Gasteiger partial charge is 0.322 e. The van der Waals surface area contributed by atoms with E-state index in [9.17, 15) is 18.0 Å².